The van der Waals surface area contributed by atoms with Crippen molar-refractivity contribution < 1.29 is 4.79 Å². The lowest BCUT2D eigenvalue weighted by Gasteiger charge is -1.88. The number of benzene rings is 1. The quantitative estimate of drug-likeness (QED) is 0.669. The Morgan fingerprint density at radius 2 is 2.00 bits per heavy atom. The summed E-state index contributed by atoms with van der Waals surface area (Å²) in [5, 5.41) is 7.36. The van der Waals surface area contributed by atoms with Crippen LogP contribution in [0.4, 0.5) is 5.69 Å². The minimum absolute atomic E-state index is 0.0606. The number of nitrogens with zero attached hydrogens (tertiary/aromatic N) is 2. The monoisotopic (exact) mass is 163 g/mol. The molecule has 0 atom stereocenters. The Kier molecular flexibility index (Phi) is 2.95. The second-order valence-electron chi connectivity index (χ2n) is 2.20. The first-order valence-electron chi connectivity index (χ1n) is 3.50. The van der Waals surface area contributed by atoms with Gasteiger partial charge in [-0.25, -0.2) is 0 Å². The first-order chi connectivity index (χ1) is 5.79. The van der Waals surface area contributed by atoms with Crippen molar-refractivity contribution in [3.63, 3.8) is 0 Å². The third-order valence-electron chi connectivity index (χ3n) is 1.17. The van der Waals surface area contributed by atoms with E-state index in [0.29, 0.717) is 0 Å². The number of nitrogens with two attached hydrogens (primary N) is 1. The molecule has 1 rings (SSSR count). The minimum Gasteiger partial charge on any atom is -0.368 e. The van der Waals surface area contributed by atoms with Crippen LogP contribution in [-0.2, 0) is 4.79 Å². The normalized spacial score (nSPS) is 10.3. The summed E-state index contributed by atoms with van der Waals surface area (Å²) in [6.45, 7) is -0.0606. The van der Waals surface area contributed by atoms with Crippen LogP contribution >= 0.6 is 0 Å². The maximum Gasteiger partial charge on any atom is 0.241 e. The summed E-state index contributed by atoms with van der Waals surface area (Å²) in [7, 11) is 0. The summed E-state index contributed by atoms with van der Waals surface area (Å²) in [6.07, 6.45) is 0. The highest BCUT2D eigenvalue weighted by molar-refractivity contribution is 5.75. The van der Waals surface area contributed by atoms with Crippen LogP contribution in [-0.4, -0.2) is 12.5 Å². The molecule has 12 heavy (non-hydrogen) atoms. The molecule has 0 heterocycles. The van der Waals surface area contributed by atoms with Crippen LogP contribution in [0.2, 0.25) is 0 Å². The van der Waals surface area contributed by atoms with Crippen molar-refractivity contribution in [2.45, 2.75) is 0 Å². The smallest absolute Gasteiger partial charge is 0.241 e. The molecule has 2 N–H and O–H groups in total. The van der Waals surface area contributed by atoms with Crippen molar-refractivity contribution in [3.05, 3.63) is 30.3 Å². The average Bonchev–Trinajstić information content (AvgIpc) is 2.05. The fraction of sp³-hybridized carbons (Fsp3) is 0.125. The van der Waals surface area contributed by atoms with E-state index in [-0.39, 0.29) is 6.54 Å². The second-order valence-corrected chi connectivity index (χ2v) is 2.20. The van der Waals surface area contributed by atoms with Gasteiger partial charge in [0.25, 0.3) is 0 Å². The van der Waals surface area contributed by atoms with Crippen LogP contribution < -0.4 is 5.73 Å². The van der Waals surface area contributed by atoms with Gasteiger partial charge in [-0.2, -0.15) is 10.2 Å². The number of azo groups is 1. The molecule has 0 radical (unpaired) electrons. The van der Waals surface area contributed by atoms with E-state index >= 15 is 0 Å². The molecular weight excluding hydrogens is 154 g/mol. The largest absolute Gasteiger partial charge is 0.368 e. The van der Waals surface area contributed by atoms with Crippen molar-refractivity contribution in [3.8, 4) is 0 Å². The zero-order valence-electron chi connectivity index (χ0n) is 6.47. The highest BCUT2D eigenvalue weighted by Gasteiger charge is 1.88. The fourth-order valence-electron chi connectivity index (χ4n) is 0.681. The zero-order chi connectivity index (χ0) is 8.81. The molecule has 0 spiro atoms. The molecule has 1 amide bonds. The Bertz CT molecular complexity index is 282. The van der Waals surface area contributed by atoms with Gasteiger partial charge in [0, 0.05) is 0 Å². The number of carbonyl (C=O) groups excluding carboxylic acids is 1. The van der Waals surface area contributed by atoms with E-state index in [4.69, 9.17) is 5.73 Å². The molecule has 0 fully saturated rings. The van der Waals surface area contributed by atoms with Crippen LogP contribution in [0.15, 0.2) is 40.6 Å². The Balaban J connectivity index is 2.52. The van der Waals surface area contributed by atoms with Crippen molar-refractivity contribution in [1.29, 1.82) is 0 Å². The van der Waals surface area contributed by atoms with Gasteiger partial charge in [0.05, 0.1) is 5.69 Å². The first kappa shape index (κ1) is 8.39. The molecule has 0 aliphatic carbocycles. The summed E-state index contributed by atoms with van der Waals surface area (Å²) in [6, 6.07) is 9.17. The van der Waals surface area contributed by atoms with Gasteiger partial charge in [0.15, 0.2) is 0 Å². The van der Waals surface area contributed by atoms with Crippen LogP contribution in [0, 0.1) is 0 Å². The molecule has 0 aliphatic rings. The number of amides is 1. The van der Waals surface area contributed by atoms with E-state index in [0.717, 1.165) is 5.69 Å². The molecule has 4 heteroatoms. The maximum atomic E-state index is 10.3. The van der Waals surface area contributed by atoms with Crippen LogP contribution in [0.1, 0.15) is 0 Å². The predicted molar refractivity (Wildman–Crippen MR) is 45.0 cm³/mol. The zero-order valence-corrected chi connectivity index (χ0v) is 6.47. The summed E-state index contributed by atoms with van der Waals surface area (Å²) >= 11 is 0. The van der Waals surface area contributed by atoms with E-state index in [1.54, 1.807) is 12.1 Å². The number of carbonyl (C=O) groups is 1. The lowest BCUT2D eigenvalue weighted by Crippen LogP contribution is -2.13. The molecule has 1 aromatic rings. The number of rotatable bonds is 3. The van der Waals surface area contributed by atoms with Gasteiger partial charge in [0.2, 0.25) is 5.91 Å². The summed E-state index contributed by atoms with van der Waals surface area (Å²) in [4.78, 5) is 10.3. The summed E-state index contributed by atoms with van der Waals surface area (Å²) in [5.41, 5.74) is 5.58. The fourth-order valence-corrected chi connectivity index (χ4v) is 0.681. The molecule has 62 valence electrons. The number of primary amides is 1. The standard InChI is InChI=1S/C8H9N3O/c9-8(12)6-10-11-7-4-2-1-3-5-7/h1-5H,6H2,(H2,9,12). The van der Waals surface area contributed by atoms with Crippen LogP contribution in [0.25, 0.3) is 0 Å². The molecule has 0 bridgehead atoms. The predicted octanol–water partition coefficient (Wildman–Crippen LogP) is 1.26. The Morgan fingerprint density at radius 1 is 1.33 bits per heavy atom. The third-order valence-corrected chi connectivity index (χ3v) is 1.17. The lowest BCUT2D eigenvalue weighted by molar-refractivity contribution is -0.116. The van der Waals surface area contributed by atoms with Crippen LogP contribution in [0.3, 0.4) is 0 Å². The molecule has 0 saturated carbocycles. The van der Waals surface area contributed by atoms with Gasteiger partial charge in [0.1, 0.15) is 6.54 Å². The molecule has 4 nitrogen and oxygen atoms in total. The number of hydrogen-bond donors (Lipinski definition) is 1. The Labute approximate surface area is 70.1 Å². The Hall–Kier alpha value is -1.71. The van der Waals surface area contributed by atoms with Gasteiger partial charge in [-0.15, -0.1) is 0 Å². The average molecular weight is 163 g/mol. The summed E-state index contributed by atoms with van der Waals surface area (Å²) in [5.74, 6) is -0.477. The van der Waals surface area contributed by atoms with Gasteiger partial charge in [-0.3, -0.25) is 4.79 Å². The highest BCUT2D eigenvalue weighted by Crippen LogP contribution is 2.09. The summed E-state index contributed by atoms with van der Waals surface area (Å²) < 4.78 is 0. The molecule has 0 aliphatic heterocycles. The maximum absolute atomic E-state index is 10.3. The molecule has 0 saturated heterocycles. The van der Waals surface area contributed by atoms with E-state index in [2.05, 4.69) is 10.2 Å². The minimum atomic E-state index is -0.477. The topological polar surface area (TPSA) is 67.8 Å². The van der Waals surface area contributed by atoms with E-state index in [9.17, 15) is 4.79 Å². The molecular formula is C8H9N3O. The lowest BCUT2D eigenvalue weighted by atomic mass is 10.3. The molecule has 1 aromatic carbocycles. The highest BCUT2D eigenvalue weighted by atomic mass is 16.1. The molecule has 0 unspecified atom stereocenters. The van der Waals surface area contributed by atoms with E-state index < -0.39 is 5.91 Å². The first-order valence-corrected chi connectivity index (χ1v) is 3.50. The van der Waals surface area contributed by atoms with Gasteiger partial charge in [-0.05, 0) is 12.1 Å². The van der Waals surface area contributed by atoms with Crippen molar-refractivity contribution in [2.75, 3.05) is 6.54 Å². The molecule has 0 aromatic heterocycles. The van der Waals surface area contributed by atoms with Gasteiger partial charge in [-0.1, -0.05) is 18.2 Å². The van der Waals surface area contributed by atoms with Crippen molar-refractivity contribution >= 4 is 11.6 Å². The van der Waals surface area contributed by atoms with Gasteiger partial charge < -0.3 is 5.73 Å². The van der Waals surface area contributed by atoms with Crippen molar-refractivity contribution in [1.82, 2.24) is 0 Å². The van der Waals surface area contributed by atoms with Gasteiger partial charge >= 0.3 is 0 Å². The third kappa shape index (κ3) is 2.92. The van der Waals surface area contributed by atoms with Crippen molar-refractivity contribution in [2.24, 2.45) is 16.0 Å². The second kappa shape index (κ2) is 4.23. The Morgan fingerprint density at radius 3 is 2.58 bits per heavy atom. The SMILES string of the molecule is NC(=O)CN=Nc1ccccc1. The van der Waals surface area contributed by atoms with Crippen LogP contribution in [0.5, 0.6) is 0 Å². The van der Waals surface area contributed by atoms with E-state index in [1.807, 2.05) is 18.2 Å². The van der Waals surface area contributed by atoms with E-state index in [1.165, 1.54) is 0 Å². The number of hydrogen-bond acceptors (Lipinski definition) is 3.